The van der Waals surface area contributed by atoms with Gasteiger partial charge in [-0.15, -0.1) is 0 Å². The van der Waals surface area contributed by atoms with E-state index in [4.69, 9.17) is 0 Å². The lowest BCUT2D eigenvalue weighted by atomic mass is 10.3. The Balaban J connectivity index is 2.04. The molecule has 0 aliphatic heterocycles. The molecule has 0 aliphatic rings. The van der Waals surface area contributed by atoms with Gasteiger partial charge in [0.2, 0.25) is 15.9 Å². The van der Waals surface area contributed by atoms with E-state index in [0.29, 0.717) is 18.8 Å². The number of rotatable bonds is 7. The molecule has 1 aromatic carbocycles. The molecule has 0 unspecified atom stereocenters. The summed E-state index contributed by atoms with van der Waals surface area (Å²) in [5, 5.41) is 5.78. The van der Waals surface area contributed by atoms with Crippen LogP contribution >= 0.6 is 0 Å². The molecule has 0 fully saturated rings. The van der Waals surface area contributed by atoms with Gasteiger partial charge in [0.05, 0.1) is 4.90 Å². The van der Waals surface area contributed by atoms with E-state index in [1.54, 1.807) is 13.8 Å². The standard InChI is InChI=1S/C16H19F3N4O3S/c1-3-23(4-2)27(25,26)13-7-5-12(6-8-13)20-15(24)11-22-10-9-14(21-22)16(17,18)19/h5-10H,3-4,11H2,1-2H3,(H,20,24). The highest BCUT2D eigenvalue weighted by Gasteiger charge is 2.33. The summed E-state index contributed by atoms with van der Waals surface area (Å²) >= 11 is 0. The molecule has 0 bridgehead atoms. The van der Waals surface area contributed by atoms with E-state index in [1.807, 2.05) is 0 Å². The maximum atomic E-state index is 12.5. The summed E-state index contributed by atoms with van der Waals surface area (Å²) in [6.45, 7) is 3.72. The van der Waals surface area contributed by atoms with Crippen LogP contribution in [0.1, 0.15) is 19.5 Å². The minimum absolute atomic E-state index is 0.0890. The second kappa shape index (κ2) is 8.09. The summed E-state index contributed by atoms with van der Waals surface area (Å²) in [6, 6.07) is 6.33. The molecule has 0 radical (unpaired) electrons. The number of benzene rings is 1. The van der Waals surface area contributed by atoms with Crippen molar-refractivity contribution in [3.63, 3.8) is 0 Å². The first-order valence-corrected chi connectivity index (χ1v) is 9.52. The van der Waals surface area contributed by atoms with Crippen LogP contribution in [0.5, 0.6) is 0 Å². The van der Waals surface area contributed by atoms with Crippen molar-refractivity contribution >= 4 is 21.6 Å². The lowest BCUT2D eigenvalue weighted by Crippen LogP contribution is -2.30. The first-order chi connectivity index (χ1) is 12.6. The number of carbonyl (C=O) groups excluding carboxylic acids is 1. The highest BCUT2D eigenvalue weighted by Crippen LogP contribution is 2.27. The number of nitrogens with one attached hydrogen (secondary N) is 1. The van der Waals surface area contributed by atoms with Gasteiger partial charge in [-0.2, -0.15) is 22.6 Å². The van der Waals surface area contributed by atoms with E-state index in [-0.39, 0.29) is 4.90 Å². The summed E-state index contributed by atoms with van der Waals surface area (Å²) in [4.78, 5) is 12.0. The van der Waals surface area contributed by atoms with E-state index in [9.17, 15) is 26.4 Å². The minimum Gasteiger partial charge on any atom is -0.324 e. The van der Waals surface area contributed by atoms with Crippen molar-refractivity contribution in [2.75, 3.05) is 18.4 Å². The lowest BCUT2D eigenvalue weighted by molar-refractivity contribution is -0.141. The summed E-state index contributed by atoms with van der Waals surface area (Å²) in [5.74, 6) is -0.592. The van der Waals surface area contributed by atoms with Crippen LogP contribution in [0.2, 0.25) is 0 Å². The van der Waals surface area contributed by atoms with Crippen LogP contribution in [-0.2, 0) is 27.5 Å². The Morgan fingerprint density at radius 2 is 1.74 bits per heavy atom. The molecule has 0 atom stereocenters. The zero-order chi connectivity index (χ0) is 20.2. The molecule has 148 valence electrons. The third kappa shape index (κ3) is 5.07. The Morgan fingerprint density at radius 1 is 1.15 bits per heavy atom. The lowest BCUT2D eigenvalue weighted by Gasteiger charge is -2.18. The van der Waals surface area contributed by atoms with Crippen molar-refractivity contribution < 1.29 is 26.4 Å². The largest absolute Gasteiger partial charge is 0.435 e. The smallest absolute Gasteiger partial charge is 0.324 e. The van der Waals surface area contributed by atoms with Crippen LogP contribution in [0.3, 0.4) is 0 Å². The maximum Gasteiger partial charge on any atom is 0.435 e. The number of nitrogens with zero attached hydrogens (tertiary/aromatic N) is 3. The summed E-state index contributed by atoms with van der Waals surface area (Å²) < 4.78 is 64.4. The van der Waals surface area contributed by atoms with Crippen molar-refractivity contribution in [1.29, 1.82) is 0 Å². The SMILES string of the molecule is CCN(CC)S(=O)(=O)c1ccc(NC(=O)Cn2ccc(C(F)(F)F)n2)cc1. The van der Waals surface area contributed by atoms with E-state index in [2.05, 4.69) is 10.4 Å². The van der Waals surface area contributed by atoms with Crippen LogP contribution in [0.25, 0.3) is 0 Å². The van der Waals surface area contributed by atoms with E-state index < -0.39 is 34.3 Å². The number of alkyl halides is 3. The van der Waals surface area contributed by atoms with Gasteiger partial charge in [0.1, 0.15) is 6.54 Å². The van der Waals surface area contributed by atoms with Gasteiger partial charge in [-0.25, -0.2) is 8.42 Å². The Morgan fingerprint density at radius 3 is 2.22 bits per heavy atom. The molecule has 1 amide bonds. The fourth-order valence-corrected chi connectivity index (χ4v) is 3.83. The number of anilines is 1. The molecule has 27 heavy (non-hydrogen) atoms. The second-order valence-electron chi connectivity index (χ2n) is 5.56. The fraction of sp³-hybridized carbons (Fsp3) is 0.375. The molecule has 1 aromatic heterocycles. The predicted octanol–water partition coefficient (Wildman–Crippen LogP) is 2.57. The van der Waals surface area contributed by atoms with Crippen molar-refractivity contribution in [2.24, 2.45) is 0 Å². The Bertz CT molecular complexity index is 888. The number of aromatic nitrogens is 2. The van der Waals surface area contributed by atoms with E-state index in [0.717, 1.165) is 16.9 Å². The minimum atomic E-state index is -4.58. The monoisotopic (exact) mass is 404 g/mol. The number of sulfonamides is 1. The molecule has 2 aromatic rings. The number of hydrogen-bond acceptors (Lipinski definition) is 4. The van der Waals surface area contributed by atoms with Crippen LogP contribution in [0.15, 0.2) is 41.4 Å². The topological polar surface area (TPSA) is 84.3 Å². The third-order valence-corrected chi connectivity index (χ3v) is 5.78. The molecule has 0 saturated carbocycles. The summed E-state index contributed by atoms with van der Waals surface area (Å²) in [5.41, 5.74) is -0.761. The number of amides is 1. The van der Waals surface area contributed by atoms with Crippen LogP contribution < -0.4 is 5.32 Å². The first-order valence-electron chi connectivity index (χ1n) is 8.08. The molecule has 11 heteroatoms. The van der Waals surface area contributed by atoms with Crippen LogP contribution in [0.4, 0.5) is 18.9 Å². The Labute approximate surface area is 154 Å². The molecule has 1 N–H and O–H groups in total. The average Bonchev–Trinajstić information content (AvgIpc) is 3.05. The molecule has 2 rings (SSSR count). The van der Waals surface area contributed by atoms with Crippen molar-refractivity contribution in [2.45, 2.75) is 31.5 Å². The normalized spacial score (nSPS) is 12.4. The van der Waals surface area contributed by atoms with Gasteiger partial charge in [0.25, 0.3) is 0 Å². The molecular weight excluding hydrogens is 385 g/mol. The molecular formula is C16H19F3N4O3S. The van der Waals surface area contributed by atoms with Gasteiger partial charge in [0.15, 0.2) is 5.69 Å². The van der Waals surface area contributed by atoms with Crippen LogP contribution in [-0.4, -0.2) is 41.5 Å². The molecule has 7 nitrogen and oxygen atoms in total. The van der Waals surface area contributed by atoms with Gasteiger partial charge >= 0.3 is 6.18 Å². The third-order valence-electron chi connectivity index (χ3n) is 3.72. The number of carbonyl (C=O) groups is 1. The van der Waals surface area contributed by atoms with Gasteiger partial charge in [-0.3, -0.25) is 9.48 Å². The highest BCUT2D eigenvalue weighted by atomic mass is 32.2. The van der Waals surface area contributed by atoms with Crippen molar-refractivity contribution in [3.8, 4) is 0 Å². The zero-order valence-corrected chi connectivity index (χ0v) is 15.5. The summed E-state index contributed by atoms with van der Waals surface area (Å²) in [6.07, 6.45) is -3.52. The Hall–Kier alpha value is -2.40. The molecule has 0 aliphatic carbocycles. The Kier molecular flexibility index (Phi) is 6.26. The van der Waals surface area contributed by atoms with Crippen molar-refractivity contribution in [1.82, 2.24) is 14.1 Å². The van der Waals surface area contributed by atoms with Crippen molar-refractivity contribution in [3.05, 3.63) is 42.2 Å². The first kappa shape index (κ1) is 20.9. The van der Waals surface area contributed by atoms with Gasteiger partial charge in [-0.05, 0) is 30.3 Å². The zero-order valence-electron chi connectivity index (χ0n) is 14.7. The predicted molar refractivity (Wildman–Crippen MR) is 92.4 cm³/mol. The van der Waals surface area contributed by atoms with E-state index >= 15 is 0 Å². The van der Waals surface area contributed by atoms with Gasteiger partial charge in [0, 0.05) is 25.0 Å². The molecule has 1 heterocycles. The average molecular weight is 404 g/mol. The fourth-order valence-electron chi connectivity index (χ4n) is 2.37. The van der Waals surface area contributed by atoms with E-state index in [1.165, 1.54) is 28.6 Å². The van der Waals surface area contributed by atoms with Gasteiger partial charge in [-0.1, -0.05) is 13.8 Å². The second-order valence-corrected chi connectivity index (χ2v) is 7.50. The summed E-state index contributed by atoms with van der Waals surface area (Å²) in [7, 11) is -3.61. The van der Waals surface area contributed by atoms with Crippen LogP contribution in [0, 0.1) is 0 Å². The number of hydrogen-bond donors (Lipinski definition) is 1. The quantitative estimate of drug-likeness (QED) is 0.769. The molecule has 0 spiro atoms. The maximum absolute atomic E-state index is 12.5. The van der Waals surface area contributed by atoms with Gasteiger partial charge < -0.3 is 5.32 Å². The highest BCUT2D eigenvalue weighted by molar-refractivity contribution is 7.89. The molecule has 0 saturated heterocycles. The number of halogens is 3.